The number of nitrogens with zero attached hydrogens (tertiary/aromatic N) is 1. The molecule has 0 fully saturated rings. The predicted octanol–water partition coefficient (Wildman–Crippen LogP) is 3.17. The van der Waals surface area contributed by atoms with Gasteiger partial charge in [-0.1, -0.05) is 19.1 Å². The molecule has 0 atom stereocenters. The maximum Gasteiger partial charge on any atom is 0.0584 e. The van der Waals surface area contributed by atoms with Crippen LogP contribution in [-0.2, 0) is 6.42 Å². The van der Waals surface area contributed by atoms with Crippen molar-refractivity contribution in [1.82, 2.24) is 4.37 Å². The van der Waals surface area contributed by atoms with E-state index in [0.717, 1.165) is 6.42 Å². The number of aryl methyl sites for hydroxylation is 2. The Balaban J connectivity index is 2.82. The van der Waals surface area contributed by atoms with E-state index in [0.29, 0.717) is 0 Å². The normalized spacial score (nSPS) is 10.8. The molecule has 0 unspecified atom stereocenters. The van der Waals surface area contributed by atoms with Crippen LogP contribution in [0.25, 0.3) is 10.1 Å². The Hall–Kier alpha value is -0.890. The molecule has 1 heterocycles. The minimum absolute atomic E-state index is 1.10. The van der Waals surface area contributed by atoms with Crippen LogP contribution < -0.4 is 0 Å². The fourth-order valence-corrected chi connectivity index (χ4v) is 2.33. The SMILES string of the molecule is CCc1ccc(C)c2cnsc12. The highest BCUT2D eigenvalue weighted by molar-refractivity contribution is 7.13. The van der Waals surface area contributed by atoms with Crippen LogP contribution in [0.1, 0.15) is 18.1 Å². The zero-order chi connectivity index (χ0) is 8.55. The largest absolute Gasteiger partial charge is 0.200 e. The van der Waals surface area contributed by atoms with Gasteiger partial charge < -0.3 is 0 Å². The molecule has 0 aliphatic carbocycles. The summed E-state index contributed by atoms with van der Waals surface area (Å²) in [6.45, 7) is 4.32. The molecule has 0 radical (unpaired) electrons. The van der Waals surface area contributed by atoms with Gasteiger partial charge in [0.1, 0.15) is 0 Å². The van der Waals surface area contributed by atoms with Gasteiger partial charge >= 0.3 is 0 Å². The first-order valence-electron chi connectivity index (χ1n) is 4.15. The fraction of sp³-hybridized carbons (Fsp3) is 0.300. The van der Waals surface area contributed by atoms with E-state index in [1.807, 2.05) is 6.20 Å². The standard InChI is InChI=1S/C10H11NS/c1-3-8-5-4-7(2)9-6-11-12-10(8)9/h4-6H,3H2,1-2H3. The fourth-order valence-electron chi connectivity index (χ4n) is 1.42. The molecule has 0 saturated heterocycles. The van der Waals surface area contributed by atoms with Gasteiger partial charge in [0.15, 0.2) is 0 Å². The quantitative estimate of drug-likeness (QED) is 0.652. The van der Waals surface area contributed by atoms with Crippen LogP contribution in [-0.4, -0.2) is 4.37 Å². The minimum Gasteiger partial charge on any atom is -0.200 e. The summed E-state index contributed by atoms with van der Waals surface area (Å²) in [5.41, 5.74) is 2.74. The van der Waals surface area contributed by atoms with Crippen LogP contribution in [0.4, 0.5) is 0 Å². The van der Waals surface area contributed by atoms with Crippen molar-refractivity contribution in [3.05, 3.63) is 29.5 Å². The third-order valence-electron chi connectivity index (χ3n) is 2.20. The van der Waals surface area contributed by atoms with Crippen molar-refractivity contribution in [1.29, 1.82) is 0 Å². The molecule has 2 rings (SSSR count). The second-order valence-corrected chi connectivity index (χ2v) is 3.77. The summed E-state index contributed by atoms with van der Waals surface area (Å²) in [5.74, 6) is 0. The molecule has 2 heteroatoms. The van der Waals surface area contributed by atoms with E-state index < -0.39 is 0 Å². The lowest BCUT2D eigenvalue weighted by Crippen LogP contribution is -1.81. The highest BCUT2D eigenvalue weighted by atomic mass is 32.1. The summed E-state index contributed by atoms with van der Waals surface area (Å²) in [4.78, 5) is 0. The van der Waals surface area contributed by atoms with Gasteiger partial charge in [-0.2, -0.15) is 4.37 Å². The van der Waals surface area contributed by atoms with Crippen molar-refractivity contribution in [2.75, 3.05) is 0 Å². The zero-order valence-electron chi connectivity index (χ0n) is 7.29. The van der Waals surface area contributed by atoms with Crippen LogP contribution in [0.2, 0.25) is 0 Å². The molecule has 2 aromatic rings. The van der Waals surface area contributed by atoms with Gasteiger partial charge in [0.25, 0.3) is 0 Å². The Morgan fingerprint density at radius 3 is 3.00 bits per heavy atom. The van der Waals surface area contributed by atoms with Gasteiger partial charge in [0, 0.05) is 11.6 Å². The van der Waals surface area contributed by atoms with Crippen LogP contribution in [0.3, 0.4) is 0 Å². The summed E-state index contributed by atoms with van der Waals surface area (Å²) in [5, 5.41) is 1.32. The number of hydrogen-bond acceptors (Lipinski definition) is 2. The highest BCUT2D eigenvalue weighted by Crippen LogP contribution is 2.25. The van der Waals surface area contributed by atoms with Gasteiger partial charge in [0.2, 0.25) is 0 Å². The number of fused-ring (bicyclic) bond motifs is 1. The maximum absolute atomic E-state index is 4.21. The first-order valence-corrected chi connectivity index (χ1v) is 4.93. The first-order chi connectivity index (χ1) is 5.83. The van der Waals surface area contributed by atoms with Crippen molar-refractivity contribution in [2.45, 2.75) is 20.3 Å². The molecule has 0 amide bonds. The smallest absolute Gasteiger partial charge is 0.0584 e. The van der Waals surface area contributed by atoms with Crippen LogP contribution >= 0.6 is 11.5 Å². The highest BCUT2D eigenvalue weighted by Gasteiger charge is 2.03. The van der Waals surface area contributed by atoms with Crippen LogP contribution in [0.5, 0.6) is 0 Å². The Morgan fingerprint density at radius 1 is 1.42 bits per heavy atom. The molecule has 12 heavy (non-hydrogen) atoms. The number of hydrogen-bond donors (Lipinski definition) is 0. The van der Waals surface area contributed by atoms with Crippen molar-refractivity contribution in [2.24, 2.45) is 0 Å². The lowest BCUT2D eigenvalue weighted by molar-refractivity contribution is 1.16. The van der Waals surface area contributed by atoms with Crippen molar-refractivity contribution < 1.29 is 0 Å². The van der Waals surface area contributed by atoms with Crippen molar-refractivity contribution >= 4 is 21.6 Å². The second-order valence-electron chi connectivity index (χ2n) is 2.96. The molecule has 0 aliphatic rings. The topological polar surface area (TPSA) is 12.9 Å². The van der Waals surface area contributed by atoms with Gasteiger partial charge in [-0.25, -0.2) is 0 Å². The van der Waals surface area contributed by atoms with Crippen molar-refractivity contribution in [3.8, 4) is 0 Å². The maximum atomic E-state index is 4.21. The molecular formula is C10H11NS. The molecule has 62 valence electrons. The molecule has 1 aromatic carbocycles. The summed E-state index contributed by atoms with van der Waals surface area (Å²) < 4.78 is 5.57. The monoisotopic (exact) mass is 177 g/mol. The average Bonchev–Trinajstić information content (AvgIpc) is 2.54. The number of aromatic nitrogens is 1. The van der Waals surface area contributed by atoms with Gasteiger partial charge in [-0.05, 0) is 36.0 Å². The minimum atomic E-state index is 1.10. The van der Waals surface area contributed by atoms with Gasteiger partial charge in [-0.15, -0.1) is 0 Å². The van der Waals surface area contributed by atoms with Crippen molar-refractivity contribution in [3.63, 3.8) is 0 Å². The third-order valence-corrected chi connectivity index (χ3v) is 3.08. The summed E-state index contributed by atoms with van der Waals surface area (Å²) in [7, 11) is 0. The summed E-state index contributed by atoms with van der Waals surface area (Å²) in [6.07, 6.45) is 3.06. The van der Waals surface area contributed by atoms with Crippen LogP contribution in [0, 0.1) is 6.92 Å². The molecule has 0 bridgehead atoms. The van der Waals surface area contributed by atoms with E-state index in [9.17, 15) is 0 Å². The number of rotatable bonds is 1. The molecule has 0 spiro atoms. The predicted molar refractivity (Wildman–Crippen MR) is 53.7 cm³/mol. The van der Waals surface area contributed by atoms with Gasteiger partial charge in [-0.3, -0.25) is 0 Å². The molecule has 1 nitrogen and oxygen atoms in total. The summed E-state index contributed by atoms with van der Waals surface area (Å²) in [6, 6.07) is 4.38. The lowest BCUT2D eigenvalue weighted by Gasteiger charge is -1.99. The molecular weight excluding hydrogens is 166 g/mol. The molecule has 0 saturated carbocycles. The Bertz CT molecular complexity index is 403. The Kier molecular flexibility index (Phi) is 1.85. The van der Waals surface area contributed by atoms with E-state index in [1.165, 1.54) is 21.2 Å². The van der Waals surface area contributed by atoms with E-state index in [-0.39, 0.29) is 0 Å². The first kappa shape index (κ1) is 7.74. The third kappa shape index (κ3) is 1.03. The van der Waals surface area contributed by atoms with Gasteiger partial charge in [0.05, 0.1) is 4.70 Å². The zero-order valence-corrected chi connectivity index (χ0v) is 8.11. The Labute approximate surface area is 76.2 Å². The second kappa shape index (κ2) is 2.87. The van der Waals surface area contributed by atoms with E-state index in [4.69, 9.17) is 0 Å². The summed E-state index contributed by atoms with van der Waals surface area (Å²) >= 11 is 1.60. The molecule has 1 aromatic heterocycles. The van der Waals surface area contributed by atoms with Crippen LogP contribution in [0.15, 0.2) is 18.3 Å². The molecule has 0 N–H and O–H groups in total. The molecule has 0 aliphatic heterocycles. The Morgan fingerprint density at radius 2 is 2.25 bits per heavy atom. The van der Waals surface area contributed by atoms with E-state index in [2.05, 4.69) is 30.4 Å². The average molecular weight is 177 g/mol. The van der Waals surface area contributed by atoms with E-state index >= 15 is 0 Å². The van der Waals surface area contributed by atoms with E-state index in [1.54, 1.807) is 11.5 Å². The lowest BCUT2D eigenvalue weighted by atomic mass is 10.1. The number of benzene rings is 1.